The molecule has 1 N–H and O–H groups in total. The molecule has 186 valence electrons. The van der Waals surface area contributed by atoms with E-state index in [1.807, 2.05) is 49.4 Å². The predicted molar refractivity (Wildman–Crippen MR) is 150 cm³/mol. The van der Waals surface area contributed by atoms with E-state index in [9.17, 15) is 4.79 Å². The van der Waals surface area contributed by atoms with Crippen molar-refractivity contribution in [2.75, 3.05) is 11.9 Å². The smallest absolute Gasteiger partial charge is 0.341 e. The van der Waals surface area contributed by atoms with Gasteiger partial charge in [0.2, 0.25) is 0 Å². The van der Waals surface area contributed by atoms with Gasteiger partial charge >= 0.3 is 5.97 Å². The summed E-state index contributed by atoms with van der Waals surface area (Å²) >= 11 is 1.51. The van der Waals surface area contributed by atoms with Crippen LogP contribution in [-0.4, -0.2) is 33.8 Å². The summed E-state index contributed by atoms with van der Waals surface area (Å²) in [4.78, 5) is 18.9. The lowest BCUT2D eigenvalue weighted by molar-refractivity contribution is 0.0527. The standard InChI is InChI=1S/C30H28N4O2S/c1-2-36-30(35)22-18-23-27(32-28(22)31-21-16-10-5-11-17-21)25-24(19-12-6-3-7-13-19)26(33-34-29(25)37-23)20-14-8-4-9-15-20/h3-4,6-9,12-15,18,21H,2,5,10-11,16-17H2,1H3,(H,31,32). The molecule has 5 aromatic rings. The van der Waals surface area contributed by atoms with Gasteiger partial charge < -0.3 is 10.1 Å². The molecule has 0 unspecified atom stereocenters. The highest BCUT2D eigenvalue weighted by Crippen LogP contribution is 2.43. The molecule has 0 saturated heterocycles. The number of nitrogens with one attached hydrogen (secondary N) is 1. The van der Waals surface area contributed by atoms with Crippen molar-refractivity contribution in [3.8, 4) is 22.4 Å². The first-order valence-electron chi connectivity index (χ1n) is 12.9. The fourth-order valence-corrected chi connectivity index (χ4v) is 6.18. The van der Waals surface area contributed by atoms with Gasteiger partial charge in [0.05, 0.1) is 16.8 Å². The van der Waals surface area contributed by atoms with Crippen molar-refractivity contribution in [3.63, 3.8) is 0 Å². The second kappa shape index (κ2) is 10.3. The molecule has 1 fully saturated rings. The molecule has 3 aromatic heterocycles. The Labute approximate surface area is 219 Å². The molecule has 1 aliphatic carbocycles. The first kappa shape index (κ1) is 23.6. The number of pyridine rings is 1. The van der Waals surface area contributed by atoms with E-state index in [1.54, 1.807) is 0 Å². The summed E-state index contributed by atoms with van der Waals surface area (Å²) in [5.41, 5.74) is 5.18. The van der Waals surface area contributed by atoms with E-state index in [4.69, 9.17) is 9.72 Å². The van der Waals surface area contributed by atoms with Crippen LogP contribution in [-0.2, 0) is 4.74 Å². The van der Waals surface area contributed by atoms with Gasteiger partial charge in [-0.2, -0.15) is 0 Å². The maximum atomic E-state index is 13.0. The van der Waals surface area contributed by atoms with Crippen LogP contribution in [0.5, 0.6) is 0 Å². The zero-order chi connectivity index (χ0) is 25.2. The van der Waals surface area contributed by atoms with Gasteiger partial charge in [-0.05, 0) is 31.4 Å². The number of hydrogen-bond acceptors (Lipinski definition) is 7. The van der Waals surface area contributed by atoms with Crippen LogP contribution in [0.15, 0.2) is 66.7 Å². The lowest BCUT2D eigenvalue weighted by Gasteiger charge is -2.24. The first-order chi connectivity index (χ1) is 18.2. The highest BCUT2D eigenvalue weighted by atomic mass is 32.1. The van der Waals surface area contributed by atoms with Crippen LogP contribution in [0.1, 0.15) is 49.4 Å². The minimum Gasteiger partial charge on any atom is -0.462 e. The number of nitrogens with zero attached hydrogens (tertiary/aromatic N) is 3. The summed E-state index contributed by atoms with van der Waals surface area (Å²) in [5.74, 6) is 0.238. The number of esters is 1. The number of hydrogen-bond donors (Lipinski definition) is 1. The lowest BCUT2D eigenvalue weighted by atomic mass is 9.95. The molecule has 0 spiro atoms. The Kier molecular flexibility index (Phi) is 6.53. The van der Waals surface area contributed by atoms with Crippen molar-refractivity contribution >= 4 is 43.6 Å². The number of rotatable bonds is 6. The Balaban J connectivity index is 1.62. The van der Waals surface area contributed by atoms with Gasteiger partial charge in [-0.25, -0.2) is 9.78 Å². The number of benzene rings is 2. The third-order valence-corrected chi connectivity index (χ3v) is 7.93. The Hall–Kier alpha value is -3.84. The number of carbonyl (C=O) groups excluding carboxylic acids is 1. The quantitative estimate of drug-likeness (QED) is 0.239. The van der Waals surface area contributed by atoms with Gasteiger partial charge in [0.1, 0.15) is 21.9 Å². The maximum Gasteiger partial charge on any atom is 0.341 e. The fourth-order valence-electron chi connectivity index (χ4n) is 5.17. The molecule has 0 bridgehead atoms. The van der Waals surface area contributed by atoms with Crippen molar-refractivity contribution < 1.29 is 9.53 Å². The van der Waals surface area contributed by atoms with Gasteiger partial charge in [-0.3, -0.25) is 0 Å². The second-order valence-electron chi connectivity index (χ2n) is 9.37. The van der Waals surface area contributed by atoms with Crippen LogP contribution in [0.25, 0.3) is 42.8 Å². The molecule has 2 aromatic carbocycles. The number of carbonyl (C=O) groups is 1. The number of ether oxygens (including phenoxy) is 1. The van der Waals surface area contributed by atoms with Crippen molar-refractivity contribution in [1.29, 1.82) is 0 Å². The average Bonchev–Trinajstić information content (AvgIpc) is 3.31. The van der Waals surface area contributed by atoms with Crippen LogP contribution >= 0.6 is 11.3 Å². The monoisotopic (exact) mass is 508 g/mol. The molecule has 1 saturated carbocycles. The van der Waals surface area contributed by atoms with Crippen molar-refractivity contribution in [2.45, 2.75) is 45.1 Å². The molecule has 6 rings (SSSR count). The van der Waals surface area contributed by atoms with E-state index in [-0.39, 0.29) is 5.97 Å². The van der Waals surface area contributed by atoms with Crippen molar-refractivity contribution in [3.05, 3.63) is 72.3 Å². The number of anilines is 1. The van der Waals surface area contributed by atoms with E-state index in [1.165, 1.54) is 30.6 Å². The number of fused-ring (bicyclic) bond motifs is 3. The fraction of sp³-hybridized carbons (Fsp3) is 0.267. The number of thiophene rings is 1. The first-order valence-corrected chi connectivity index (χ1v) is 13.7. The lowest BCUT2D eigenvalue weighted by Crippen LogP contribution is -2.24. The van der Waals surface area contributed by atoms with Crippen LogP contribution in [0.4, 0.5) is 5.82 Å². The molecule has 6 nitrogen and oxygen atoms in total. The van der Waals surface area contributed by atoms with Gasteiger partial charge in [0.15, 0.2) is 0 Å². The van der Waals surface area contributed by atoms with Crippen LogP contribution in [0.2, 0.25) is 0 Å². The predicted octanol–water partition coefficient (Wildman–Crippen LogP) is 7.49. The molecular weight excluding hydrogens is 480 g/mol. The Morgan fingerprint density at radius 2 is 1.68 bits per heavy atom. The second-order valence-corrected chi connectivity index (χ2v) is 10.4. The summed E-state index contributed by atoms with van der Waals surface area (Å²) in [7, 11) is 0. The average molecular weight is 509 g/mol. The largest absolute Gasteiger partial charge is 0.462 e. The van der Waals surface area contributed by atoms with E-state index < -0.39 is 0 Å². The zero-order valence-corrected chi connectivity index (χ0v) is 21.6. The van der Waals surface area contributed by atoms with Gasteiger partial charge in [0.25, 0.3) is 0 Å². The van der Waals surface area contributed by atoms with Gasteiger partial charge in [-0.1, -0.05) is 79.9 Å². The summed E-state index contributed by atoms with van der Waals surface area (Å²) in [6.07, 6.45) is 5.77. The van der Waals surface area contributed by atoms with Crippen molar-refractivity contribution in [1.82, 2.24) is 15.2 Å². The molecule has 0 radical (unpaired) electrons. The molecule has 7 heteroatoms. The molecule has 0 atom stereocenters. The Morgan fingerprint density at radius 3 is 2.38 bits per heavy atom. The summed E-state index contributed by atoms with van der Waals surface area (Å²) < 4.78 is 6.30. The summed E-state index contributed by atoms with van der Waals surface area (Å²) in [5, 5.41) is 13.9. The van der Waals surface area contributed by atoms with Crippen molar-refractivity contribution in [2.24, 2.45) is 0 Å². The highest BCUT2D eigenvalue weighted by molar-refractivity contribution is 7.25. The third-order valence-electron chi connectivity index (χ3n) is 6.92. The molecule has 3 heterocycles. The van der Waals surface area contributed by atoms with E-state index in [0.717, 1.165) is 55.7 Å². The van der Waals surface area contributed by atoms with Gasteiger partial charge in [-0.15, -0.1) is 21.5 Å². The molecule has 0 amide bonds. The van der Waals surface area contributed by atoms with E-state index in [2.05, 4.69) is 39.8 Å². The highest BCUT2D eigenvalue weighted by Gasteiger charge is 2.25. The Morgan fingerprint density at radius 1 is 0.973 bits per heavy atom. The maximum absolute atomic E-state index is 13.0. The third kappa shape index (κ3) is 4.55. The molecular formula is C30H28N4O2S. The van der Waals surface area contributed by atoms with Crippen LogP contribution in [0, 0.1) is 0 Å². The van der Waals surface area contributed by atoms with Gasteiger partial charge in [0, 0.05) is 22.6 Å². The van der Waals surface area contributed by atoms with E-state index in [0.29, 0.717) is 24.0 Å². The minimum atomic E-state index is -0.355. The van der Waals surface area contributed by atoms with Crippen LogP contribution in [0.3, 0.4) is 0 Å². The van der Waals surface area contributed by atoms with E-state index >= 15 is 0 Å². The summed E-state index contributed by atoms with van der Waals surface area (Å²) in [6.45, 7) is 2.14. The Bertz CT molecular complexity index is 1560. The number of aromatic nitrogens is 3. The topological polar surface area (TPSA) is 77.0 Å². The minimum absolute atomic E-state index is 0.296. The summed E-state index contributed by atoms with van der Waals surface area (Å²) in [6, 6.07) is 22.6. The molecule has 37 heavy (non-hydrogen) atoms. The molecule has 1 aliphatic rings. The normalized spacial score (nSPS) is 14.2. The van der Waals surface area contributed by atoms with Crippen LogP contribution < -0.4 is 5.32 Å². The zero-order valence-electron chi connectivity index (χ0n) is 20.7. The molecule has 0 aliphatic heterocycles. The SMILES string of the molecule is CCOC(=O)c1cc2sc3nnc(-c4ccccc4)c(-c4ccccc4)c3c2nc1NC1CCCCC1.